The van der Waals surface area contributed by atoms with Gasteiger partial charge in [-0.05, 0) is 49.4 Å². The number of aliphatic hydroxyl groups excluding tert-OH is 1. The van der Waals surface area contributed by atoms with Gasteiger partial charge in [-0.3, -0.25) is 9.69 Å². The molecule has 1 N–H and O–H groups in total. The van der Waals surface area contributed by atoms with Crippen LogP contribution < -0.4 is 9.47 Å². The van der Waals surface area contributed by atoms with Gasteiger partial charge in [0.05, 0.1) is 20.3 Å². The fourth-order valence-corrected chi connectivity index (χ4v) is 4.61. The summed E-state index contributed by atoms with van der Waals surface area (Å²) in [7, 11) is 3.22. The number of ether oxygens (including phenoxy) is 2. The Balaban J connectivity index is 1.65. The predicted molar refractivity (Wildman–Crippen MR) is 104 cm³/mol. The highest BCUT2D eigenvalue weighted by molar-refractivity contribution is 6.31. The molecule has 1 aromatic carbocycles. The number of amides is 1. The van der Waals surface area contributed by atoms with E-state index in [2.05, 4.69) is 4.90 Å². The van der Waals surface area contributed by atoms with E-state index < -0.39 is 6.10 Å². The Morgan fingerprint density at radius 3 is 2.48 bits per heavy atom. The van der Waals surface area contributed by atoms with E-state index in [9.17, 15) is 9.90 Å². The largest absolute Gasteiger partial charge is 0.493 e. The van der Waals surface area contributed by atoms with Crippen molar-refractivity contribution >= 4 is 17.5 Å². The SMILES string of the molecule is COc1cc(Cl)c(CN2CCC3(CC2)CC(O)CN(C(C)=O)C3)cc1OC. The Bertz CT molecular complexity index is 689. The molecule has 7 heteroatoms. The molecule has 27 heavy (non-hydrogen) atoms. The number of hydrogen-bond acceptors (Lipinski definition) is 5. The van der Waals surface area contributed by atoms with Crippen LogP contribution in [0.4, 0.5) is 0 Å². The first-order valence-electron chi connectivity index (χ1n) is 9.42. The van der Waals surface area contributed by atoms with Crippen molar-refractivity contribution in [2.75, 3.05) is 40.4 Å². The normalized spacial score (nSPS) is 22.7. The van der Waals surface area contributed by atoms with E-state index in [1.54, 1.807) is 32.1 Å². The van der Waals surface area contributed by atoms with Crippen LogP contribution in [0.15, 0.2) is 12.1 Å². The van der Waals surface area contributed by atoms with Gasteiger partial charge in [-0.1, -0.05) is 11.6 Å². The van der Waals surface area contributed by atoms with Crippen LogP contribution in [-0.4, -0.2) is 67.3 Å². The van der Waals surface area contributed by atoms with E-state index in [4.69, 9.17) is 21.1 Å². The highest BCUT2D eigenvalue weighted by Crippen LogP contribution is 2.41. The van der Waals surface area contributed by atoms with Gasteiger partial charge in [0.2, 0.25) is 5.91 Å². The minimum atomic E-state index is -0.422. The van der Waals surface area contributed by atoms with E-state index >= 15 is 0 Å². The Kier molecular flexibility index (Phi) is 6.18. The molecule has 2 aliphatic rings. The summed E-state index contributed by atoms with van der Waals surface area (Å²) >= 11 is 6.43. The molecule has 1 unspecified atom stereocenters. The molecule has 1 aromatic rings. The zero-order valence-corrected chi connectivity index (χ0v) is 17.1. The second-order valence-corrected chi connectivity index (χ2v) is 8.24. The molecular formula is C20H29ClN2O4. The van der Waals surface area contributed by atoms with E-state index in [0.29, 0.717) is 23.1 Å². The quantitative estimate of drug-likeness (QED) is 0.847. The van der Waals surface area contributed by atoms with Crippen molar-refractivity contribution in [2.45, 2.75) is 38.8 Å². The molecule has 0 bridgehead atoms. The zero-order valence-electron chi connectivity index (χ0n) is 16.3. The molecule has 2 fully saturated rings. The number of hydrogen-bond donors (Lipinski definition) is 1. The molecule has 0 saturated carbocycles. The topological polar surface area (TPSA) is 62.2 Å². The molecule has 0 aromatic heterocycles. The van der Waals surface area contributed by atoms with Gasteiger partial charge < -0.3 is 19.5 Å². The third-order valence-electron chi connectivity index (χ3n) is 5.93. The molecule has 2 saturated heterocycles. The van der Waals surface area contributed by atoms with Crippen molar-refractivity contribution in [1.29, 1.82) is 0 Å². The number of halogens is 1. The lowest BCUT2D eigenvalue weighted by Crippen LogP contribution is -2.54. The summed E-state index contributed by atoms with van der Waals surface area (Å²) in [6, 6.07) is 3.73. The molecule has 1 amide bonds. The number of likely N-dealkylation sites (tertiary alicyclic amines) is 2. The lowest BCUT2D eigenvalue weighted by molar-refractivity contribution is -0.138. The van der Waals surface area contributed by atoms with Gasteiger partial charge in [0.15, 0.2) is 11.5 Å². The predicted octanol–water partition coefficient (Wildman–Crippen LogP) is 2.55. The fourth-order valence-electron chi connectivity index (χ4n) is 4.40. The molecule has 6 nitrogen and oxygen atoms in total. The minimum Gasteiger partial charge on any atom is -0.493 e. The third-order valence-corrected chi connectivity index (χ3v) is 6.29. The molecule has 0 aliphatic carbocycles. The van der Waals surface area contributed by atoms with Gasteiger partial charge in [0, 0.05) is 37.6 Å². The first-order valence-corrected chi connectivity index (χ1v) is 9.80. The van der Waals surface area contributed by atoms with Crippen molar-refractivity contribution < 1.29 is 19.4 Å². The van der Waals surface area contributed by atoms with E-state index in [-0.39, 0.29) is 11.3 Å². The fraction of sp³-hybridized carbons (Fsp3) is 0.650. The van der Waals surface area contributed by atoms with Crippen LogP contribution in [0.1, 0.15) is 31.7 Å². The average Bonchev–Trinajstić information content (AvgIpc) is 2.64. The summed E-state index contributed by atoms with van der Waals surface area (Å²) in [5.74, 6) is 1.36. The van der Waals surface area contributed by atoms with Crippen LogP contribution in [-0.2, 0) is 11.3 Å². The number of carbonyl (C=O) groups is 1. The van der Waals surface area contributed by atoms with Crippen LogP contribution in [0.25, 0.3) is 0 Å². The molecule has 1 atom stereocenters. The van der Waals surface area contributed by atoms with Gasteiger partial charge >= 0.3 is 0 Å². The van der Waals surface area contributed by atoms with Crippen molar-refractivity contribution in [3.8, 4) is 11.5 Å². The number of benzene rings is 1. The molecule has 2 heterocycles. The maximum atomic E-state index is 11.8. The molecular weight excluding hydrogens is 368 g/mol. The molecule has 3 rings (SSSR count). The molecule has 1 spiro atoms. The standard InChI is InChI=1S/C20H29ClN2O4/c1-14(24)23-12-16(25)10-20(13-23)4-6-22(7-5-20)11-15-8-18(26-2)19(27-3)9-17(15)21/h8-9,16,25H,4-7,10-13H2,1-3H3. The van der Waals surface area contributed by atoms with E-state index in [1.807, 2.05) is 6.07 Å². The summed E-state index contributed by atoms with van der Waals surface area (Å²) in [6.07, 6.45) is 2.30. The van der Waals surface area contributed by atoms with Gasteiger partial charge in [-0.2, -0.15) is 0 Å². The van der Waals surface area contributed by atoms with Gasteiger partial charge in [-0.25, -0.2) is 0 Å². The Morgan fingerprint density at radius 1 is 1.26 bits per heavy atom. The van der Waals surface area contributed by atoms with Crippen LogP contribution >= 0.6 is 11.6 Å². The molecule has 0 radical (unpaired) electrons. The maximum absolute atomic E-state index is 11.8. The summed E-state index contributed by atoms with van der Waals surface area (Å²) in [4.78, 5) is 16.0. The van der Waals surface area contributed by atoms with Crippen molar-refractivity contribution in [3.63, 3.8) is 0 Å². The number of methoxy groups -OCH3 is 2. The van der Waals surface area contributed by atoms with Gasteiger partial charge in [0.1, 0.15) is 0 Å². The van der Waals surface area contributed by atoms with E-state index in [0.717, 1.165) is 51.0 Å². The Labute approximate surface area is 166 Å². The smallest absolute Gasteiger partial charge is 0.219 e. The first-order chi connectivity index (χ1) is 12.9. The second-order valence-electron chi connectivity index (χ2n) is 7.83. The number of nitrogens with zero attached hydrogens (tertiary/aromatic N) is 2. The lowest BCUT2D eigenvalue weighted by Gasteiger charge is -2.49. The van der Waals surface area contributed by atoms with E-state index in [1.165, 1.54) is 0 Å². The number of aliphatic hydroxyl groups is 1. The summed E-state index contributed by atoms with van der Waals surface area (Å²) in [5.41, 5.74) is 1.04. The Hall–Kier alpha value is -1.50. The monoisotopic (exact) mass is 396 g/mol. The Morgan fingerprint density at radius 2 is 1.89 bits per heavy atom. The maximum Gasteiger partial charge on any atom is 0.219 e. The number of carbonyl (C=O) groups excluding carboxylic acids is 1. The number of piperidine rings is 2. The van der Waals surface area contributed by atoms with Crippen LogP contribution in [0, 0.1) is 5.41 Å². The highest BCUT2D eigenvalue weighted by Gasteiger charge is 2.42. The van der Waals surface area contributed by atoms with Crippen molar-refractivity contribution in [2.24, 2.45) is 5.41 Å². The molecule has 2 aliphatic heterocycles. The van der Waals surface area contributed by atoms with Crippen molar-refractivity contribution in [3.05, 3.63) is 22.7 Å². The summed E-state index contributed by atoms with van der Waals surface area (Å²) in [5, 5.41) is 10.9. The third kappa shape index (κ3) is 4.50. The van der Waals surface area contributed by atoms with Crippen LogP contribution in [0.3, 0.4) is 0 Å². The zero-order chi connectivity index (χ0) is 19.6. The van der Waals surface area contributed by atoms with Gasteiger partial charge in [-0.15, -0.1) is 0 Å². The van der Waals surface area contributed by atoms with Crippen molar-refractivity contribution in [1.82, 2.24) is 9.80 Å². The highest BCUT2D eigenvalue weighted by atomic mass is 35.5. The summed E-state index contributed by atoms with van der Waals surface area (Å²) < 4.78 is 10.7. The minimum absolute atomic E-state index is 0.0290. The first kappa shape index (κ1) is 20.2. The number of rotatable bonds is 4. The van der Waals surface area contributed by atoms with Crippen LogP contribution in [0.5, 0.6) is 11.5 Å². The van der Waals surface area contributed by atoms with Gasteiger partial charge in [0.25, 0.3) is 0 Å². The average molecular weight is 397 g/mol. The number of β-amino-alcohol motifs (C(OH)–C–C–N with tert-alkyl or cyclic N) is 1. The second kappa shape index (κ2) is 8.25. The lowest BCUT2D eigenvalue weighted by atomic mass is 9.71. The molecule has 150 valence electrons. The van der Waals surface area contributed by atoms with Crippen LogP contribution in [0.2, 0.25) is 5.02 Å². The summed E-state index contributed by atoms with van der Waals surface area (Å²) in [6.45, 7) is 5.38.